The molecular formula is C16H28N2O3S. The minimum Gasteiger partial charge on any atom is -0.338 e. The van der Waals surface area contributed by atoms with E-state index in [-0.39, 0.29) is 23.5 Å². The maximum absolute atomic E-state index is 12.7. The summed E-state index contributed by atoms with van der Waals surface area (Å²) in [6.45, 7) is 4.07. The Bertz CT molecular complexity index is 515. The summed E-state index contributed by atoms with van der Waals surface area (Å²) in [7, 11) is -2.94. The lowest BCUT2D eigenvalue weighted by atomic mass is 9.79. The first-order valence-electron chi connectivity index (χ1n) is 8.74. The molecule has 2 atom stereocenters. The van der Waals surface area contributed by atoms with Crippen LogP contribution >= 0.6 is 0 Å². The van der Waals surface area contributed by atoms with E-state index in [0.29, 0.717) is 25.6 Å². The van der Waals surface area contributed by atoms with Crippen LogP contribution in [0.4, 0.5) is 0 Å². The van der Waals surface area contributed by atoms with E-state index < -0.39 is 9.84 Å². The van der Waals surface area contributed by atoms with Gasteiger partial charge in [-0.25, -0.2) is 8.42 Å². The van der Waals surface area contributed by atoms with E-state index in [1.807, 2.05) is 6.92 Å². The van der Waals surface area contributed by atoms with Crippen molar-refractivity contribution in [2.45, 2.75) is 57.5 Å². The molecule has 0 unspecified atom stereocenters. The van der Waals surface area contributed by atoms with E-state index in [2.05, 4.69) is 4.90 Å². The van der Waals surface area contributed by atoms with Crippen LogP contribution < -0.4 is 0 Å². The normalized spacial score (nSPS) is 32.0. The monoisotopic (exact) mass is 328 g/mol. The van der Waals surface area contributed by atoms with Gasteiger partial charge in [0.25, 0.3) is 0 Å². The number of amides is 1. The number of carbonyl (C=O) groups is 1. The second-order valence-electron chi connectivity index (χ2n) is 7.11. The molecule has 22 heavy (non-hydrogen) atoms. The smallest absolute Gasteiger partial charge is 0.237 e. The summed E-state index contributed by atoms with van der Waals surface area (Å²) in [5.74, 6) is 1.29. The number of rotatable bonds is 5. The van der Waals surface area contributed by atoms with Gasteiger partial charge in [-0.1, -0.05) is 6.42 Å². The van der Waals surface area contributed by atoms with Crippen molar-refractivity contribution >= 4 is 15.7 Å². The Hall–Kier alpha value is -0.620. The van der Waals surface area contributed by atoms with Crippen LogP contribution in [0.3, 0.4) is 0 Å². The van der Waals surface area contributed by atoms with Gasteiger partial charge in [-0.05, 0) is 51.5 Å². The van der Waals surface area contributed by atoms with Gasteiger partial charge in [0.05, 0.1) is 18.1 Å². The third-order valence-corrected chi connectivity index (χ3v) is 7.51. The highest BCUT2D eigenvalue weighted by molar-refractivity contribution is 7.91. The Kier molecular flexibility index (Phi) is 4.78. The molecule has 3 rings (SSSR count). The van der Waals surface area contributed by atoms with Gasteiger partial charge in [0, 0.05) is 18.6 Å². The molecule has 6 heteroatoms. The second kappa shape index (κ2) is 6.48. The quantitative estimate of drug-likeness (QED) is 0.763. The molecular weight excluding hydrogens is 300 g/mol. The summed E-state index contributed by atoms with van der Waals surface area (Å²) in [5, 5.41) is 0. The second-order valence-corrected chi connectivity index (χ2v) is 9.34. The van der Waals surface area contributed by atoms with E-state index >= 15 is 0 Å². The van der Waals surface area contributed by atoms with Gasteiger partial charge in [-0.3, -0.25) is 9.69 Å². The Morgan fingerprint density at radius 3 is 2.50 bits per heavy atom. The molecule has 1 amide bonds. The number of hydrogen-bond donors (Lipinski definition) is 0. The van der Waals surface area contributed by atoms with Gasteiger partial charge in [-0.15, -0.1) is 0 Å². The van der Waals surface area contributed by atoms with Crippen LogP contribution in [-0.2, 0) is 14.6 Å². The summed E-state index contributed by atoms with van der Waals surface area (Å²) in [6.07, 6.45) is 6.99. The Morgan fingerprint density at radius 1 is 1.18 bits per heavy atom. The minimum absolute atomic E-state index is 0.104. The molecule has 0 aromatic rings. The zero-order chi connectivity index (χ0) is 15.7. The molecule has 5 nitrogen and oxygen atoms in total. The number of likely N-dealkylation sites (tertiary alicyclic amines) is 1. The van der Waals surface area contributed by atoms with Crippen molar-refractivity contribution in [2.24, 2.45) is 5.92 Å². The number of likely N-dealkylation sites (N-methyl/N-ethyl adjacent to an activating group) is 1. The van der Waals surface area contributed by atoms with Gasteiger partial charge < -0.3 is 4.90 Å². The first-order valence-corrected chi connectivity index (χ1v) is 10.6. The molecule has 0 bridgehead atoms. The van der Waals surface area contributed by atoms with Gasteiger partial charge >= 0.3 is 0 Å². The van der Waals surface area contributed by atoms with E-state index in [4.69, 9.17) is 0 Å². The van der Waals surface area contributed by atoms with Gasteiger partial charge in [0.1, 0.15) is 0 Å². The largest absolute Gasteiger partial charge is 0.338 e. The molecule has 126 valence electrons. The first-order chi connectivity index (χ1) is 10.5. The SMILES string of the molecule is CCN(C(=O)CN1CCC[C@H]1C1CCC1)[C@H]1CCS(=O)(=O)C1. The molecule has 0 aromatic heterocycles. The number of sulfone groups is 1. The van der Waals surface area contributed by atoms with E-state index in [0.717, 1.165) is 12.5 Å². The molecule has 2 saturated heterocycles. The predicted molar refractivity (Wildman–Crippen MR) is 86.4 cm³/mol. The fraction of sp³-hybridized carbons (Fsp3) is 0.938. The third-order valence-electron chi connectivity index (χ3n) is 5.76. The van der Waals surface area contributed by atoms with Crippen molar-refractivity contribution in [1.29, 1.82) is 0 Å². The standard InChI is InChI=1S/C16H28N2O3S/c1-2-18(14-8-10-22(20,21)12-14)16(19)11-17-9-4-7-15(17)13-5-3-6-13/h13-15H,2-12H2,1H3/t14-,15-/m0/s1. The van der Waals surface area contributed by atoms with Crippen LogP contribution in [-0.4, -0.2) is 67.3 Å². The number of nitrogens with zero attached hydrogens (tertiary/aromatic N) is 2. The van der Waals surface area contributed by atoms with Crippen LogP contribution in [0.2, 0.25) is 0 Å². The zero-order valence-electron chi connectivity index (χ0n) is 13.5. The summed E-state index contributed by atoms with van der Waals surface area (Å²) in [6, 6.07) is 0.482. The lowest BCUT2D eigenvalue weighted by Crippen LogP contribution is -2.48. The average Bonchev–Trinajstić information content (AvgIpc) is 2.96. The number of carbonyl (C=O) groups excluding carboxylic acids is 1. The molecule has 1 aliphatic carbocycles. The maximum atomic E-state index is 12.7. The van der Waals surface area contributed by atoms with E-state index in [1.165, 1.54) is 32.1 Å². The lowest BCUT2D eigenvalue weighted by Gasteiger charge is -2.38. The summed E-state index contributed by atoms with van der Waals surface area (Å²) in [4.78, 5) is 16.9. The van der Waals surface area contributed by atoms with Crippen LogP contribution in [0.15, 0.2) is 0 Å². The third kappa shape index (κ3) is 3.32. The van der Waals surface area contributed by atoms with Crippen LogP contribution in [0.1, 0.15) is 45.4 Å². The Balaban J connectivity index is 1.59. The molecule has 0 spiro atoms. The first kappa shape index (κ1) is 16.2. The maximum Gasteiger partial charge on any atom is 0.237 e. The zero-order valence-corrected chi connectivity index (χ0v) is 14.4. The van der Waals surface area contributed by atoms with Crippen LogP contribution in [0.5, 0.6) is 0 Å². The van der Waals surface area contributed by atoms with Crippen molar-refractivity contribution in [1.82, 2.24) is 9.80 Å². The molecule has 0 N–H and O–H groups in total. The lowest BCUT2D eigenvalue weighted by molar-refractivity contribution is -0.134. The topological polar surface area (TPSA) is 57.7 Å². The van der Waals surface area contributed by atoms with Crippen molar-refractivity contribution in [2.75, 3.05) is 31.1 Å². The molecule has 0 aromatic carbocycles. The highest BCUT2D eigenvalue weighted by Crippen LogP contribution is 2.37. The Labute approximate surface area is 134 Å². The molecule has 0 radical (unpaired) electrons. The molecule has 1 saturated carbocycles. The summed E-state index contributed by atoms with van der Waals surface area (Å²) < 4.78 is 23.3. The fourth-order valence-electron chi connectivity index (χ4n) is 4.33. The molecule has 3 fully saturated rings. The summed E-state index contributed by atoms with van der Waals surface area (Å²) >= 11 is 0. The Morgan fingerprint density at radius 2 is 1.95 bits per heavy atom. The molecule has 3 aliphatic rings. The summed E-state index contributed by atoms with van der Waals surface area (Å²) in [5.41, 5.74) is 0. The van der Waals surface area contributed by atoms with Gasteiger partial charge in [0.2, 0.25) is 5.91 Å². The van der Waals surface area contributed by atoms with E-state index in [1.54, 1.807) is 4.90 Å². The molecule has 2 heterocycles. The highest BCUT2D eigenvalue weighted by Gasteiger charge is 2.38. The fourth-order valence-corrected chi connectivity index (χ4v) is 6.06. The highest BCUT2D eigenvalue weighted by atomic mass is 32.2. The van der Waals surface area contributed by atoms with Crippen LogP contribution in [0, 0.1) is 5.92 Å². The van der Waals surface area contributed by atoms with E-state index in [9.17, 15) is 13.2 Å². The van der Waals surface area contributed by atoms with Gasteiger partial charge in [-0.2, -0.15) is 0 Å². The number of hydrogen-bond acceptors (Lipinski definition) is 4. The minimum atomic E-state index is -2.94. The average molecular weight is 328 g/mol. The van der Waals surface area contributed by atoms with Crippen molar-refractivity contribution in [3.8, 4) is 0 Å². The molecule has 2 aliphatic heterocycles. The van der Waals surface area contributed by atoms with Crippen molar-refractivity contribution in [3.05, 3.63) is 0 Å². The van der Waals surface area contributed by atoms with Crippen LogP contribution in [0.25, 0.3) is 0 Å². The van der Waals surface area contributed by atoms with Gasteiger partial charge in [0.15, 0.2) is 9.84 Å². The predicted octanol–water partition coefficient (Wildman–Crippen LogP) is 1.29. The van der Waals surface area contributed by atoms with Crippen molar-refractivity contribution < 1.29 is 13.2 Å². The van der Waals surface area contributed by atoms with Crippen molar-refractivity contribution in [3.63, 3.8) is 0 Å².